The number of aryl methyl sites for hydroxylation is 2. The Bertz CT molecular complexity index is 744. The molecule has 0 spiro atoms. The quantitative estimate of drug-likeness (QED) is 0.786. The average molecular weight is 345 g/mol. The molecule has 2 aromatic rings. The molecule has 0 aliphatic rings. The van der Waals surface area contributed by atoms with Crippen molar-refractivity contribution in [3.05, 3.63) is 64.2 Å². The zero-order chi connectivity index (χ0) is 17.5. The van der Waals surface area contributed by atoms with Crippen molar-refractivity contribution in [1.82, 2.24) is 5.32 Å². The normalized spacial score (nSPS) is 10.3. The number of anilines is 1. The van der Waals surface area contributed by atoms with E-state index < -0.39 is 0 Å². The van der Waals surface area contributed by atoms with Crippen LogP contribution >= 0.6 is 11.6 Å². The van der Waals surface area contributed by atoms with Gasteiger partial charge >= 0.3 is 0 Å². The van der Waals surface area contributed by atoms with Crippen molar-refractivity contribution < 1.29 is 9.59 Å². The van der Waals surface area contributed by atoms with Crippen molar-refractivity contribution in [2.75, 3.05) is 11.9 Å². The Morgan fingerprint density at radius 3 is 2.50 bits per heavy atom. The summed E-state index contributed by atoms with van der Waals surface area (Å²) >= 11 is 5.91. The van der Waals surface area contributed by atoms with Gasteiger partial charge in [-0.3, -0.25) is 9.59 Å². The summed E-state index contributed by atoms with van der Waals surface area (Å²) < 4.78 is 0. The van der Waals surface area contributed by atoms with Crippen LogP contribution < -0.4 is 10.6 Å². The smallest absolute Gasteiger partial charge is 0.233 e. The van der Waals surface area contributed by atoms with Gasteiger partial charge < -0.3 is 10.6 Å². The van der Waals surface area contributed by atoms with Crippen LogP contribution in [0.15, 0.2) is 42.5 Å². The Hall–Kier alpha value is -2.33. The standard InChI is InChI=1S/C19H21ClN2O2/c1-13-6-7-17(10-14(13)2)22-19(24)12-18(23)21-9-8-15-4-3-5-16(20)11-15/h3-7,10-11H,8-9,12H2,1-2H3,(H,21,23)(H,22,24). The second-order valence-corrected chi connectivity index (χ2v) is 6.19. The van der Waals surface area contributed by atoms with E-state index in [9.17, 15) is 9.59 Å². The lowest BCUT2D eigenvalue weighted by molar-refractivity contribution is -0.126. The minimum atomic E-state index is -0.321. The number of hydrogen-bond donors (Lipinski definition) is 2. The van der Waals surface area contributed by atoms with Gasteiger partial charge in [0.15, 0.2) is 0 Å². The molecule has 24 heavy (non-hydrogen) atoms. The van der Waals surface area contributed by atoms with Gasteiger partial charge in [0.2, 0.25) is 11.8 Å². The van der Waals surface area contributed by atoms with Crippen molar-refractivity contribution in [1.29, 1.82) is 0 Å². The highest BCUT2D eigenvalue weighted by atomic mass is 35.5. The third-order valence-corrected chi connectivity index (χ3v) is 3.97. The molecule has 0 aliphatic heterocycles. The molecule has 0 aliphatic carbocycles. The summed E-state index contributed by atoms with van der Waals surface area (Å²) in [6, 6.07) is 13.2. The maximum Gasteiger partial charge on any atom is 0.233 e. The van der Waals surface area contributed by atoms with Gasteiger partial charge in [-0.25, -0.2) is 0 Å². The summed E-state index contributed by atoms with van der Waals surface area (Å²) in [5.41, 5.74) is 4.00. The molecule has 126 valence electrons. The number of amides is 2. The Morgan fingerprint density at radius 1 is 1.00 bits per heavy atom. The summed E-state index contributed by atoms with van der Waals surface area (Å²) in [4.78, 5) is 23.7. The van der Waals surface area contributed by atoms with E-state index in [4.69, 9.17) is 11.6 Å². The fourth-order valence-electron chi connectivity index (χ4n) is 2.27. The minimum Gasteiger partial charge on any atom is -0.355 e. The molecule has 0 unspecified atom stereocenters. The van der Waals surface area contributed by atoms with E-state index in [1.54, 1.807) is 6.07 Å². The van der Waals surface area contributed by atoms with E-state index in [-0.39, 0.29) is 18.2 Å². The van der Waals surface area contributed by atoms with Crippen LogP contribution in [-0.4, -0.2) is 18.4 Å². The first kappa shape index (κ1) is 18.0. The molecule has 2 aromatic carbocycles. The lowest BCUT2D eigenvalue weighted by atomic mass is 10.1. The molecule has 2 rings (SSSR count). The van der Waals surface area contributed by atoms with E-state index >= 15 is 0 Å². The molecule has 0 atom stereocenters. The largest absolute Gasteiger partial charge is 0.355 e. The SMILES string of the molecule is Cc1ccc(NC(=O)CC(=O)NCCc2cccc(Cl)c2)cc1C. The van der Waals surface area contributed by atoms with Gasteiger partial charge in [-0.2, -0.15) is 0 Å². The van der Waals surface area contributed by atoms with Gasteiger partial charge in [-0.15, -0.1) is 0 Å². The fraction of sp³-hybridized carbons (Fsp3) is 0.263. The van der Waals surface area contributed by atoms with Crippen molar-refractivity contribution in [2.45, 2.75) is 26.7 Å². The van der Waals surface area contributed by atoms with Gasteiger partial charge in [-0.05, 0) is 61.2 Å². The molecule has 0 heterocycles. The molecule has 2 N–H and O–H groups in total. The molecule has 0 bridgehead atoms. The maximum atomic E-state index is 11.9. The van der Waals surface area contributed by atoms with Gasteiger partial charge in [0.25, 0.3) is 0 Å². The molecule has 0 saturated carbocycles. The first-order valence-electron chi connectivity index (χ1n) is 7.82. The predicted molar refractivity (Wildman–Crippen MR) is 97.3 cm³/mol. The van der Waals surface area contributed by atoms with Crippen LogP contribution in [0.25, 0.3) is 0 Å². The number of halogens is 1. The number of carbonyl (C=O) groups is 2. The lowest BCUT2D eigenvalue weighted by Crippen LogP contribution is -2.29. The minimum absolute atomic E-state index is 0.192. The monoisotopic (exact) mass is 344 g/mol. The molecule has 2 amide bonds. The van der Waals surface area contributed by atoms with Crippen LogP contribution in [0.2, 0.25) is 5.02 Å². The average Bonchev–Trinajstić information content (AvgIpc) is 2.51. The summed E-state index contributed by atoms with van der Waals surface area (Å²) in [6.45, 7) is 4.46. The Morgan fingerprint density at radius 2 is 1.79 bits per heavy atom. The zero-order valence-electron chi connectivity index (χ0n) is 13.9. The van der Waals surface area contributed by atoms with Crippen LogP contribution in [0.3, 0.4) is 0 Å². The molecular weight excluding hydrogens is 324 g/mol. The summed E-state index contributed by atoms with van der Waals surface area (Å²) in [5.74, 6) is -0.614. The predicted octanol–water partition coefficient (Wildman–Crippen LogP) is 3.64. The van der Waals surface area contributed by atoms with E-state index in [1.165, 1.54) is 0 Å². The summed E-state index contributed by atoms with van der Waals surface area (Å²) in [6.07, 6.45) is 0.480. The molecular formula is C19H21ClN2O2. The highest BCUT2D eigenvalue weighted by Gasteiger charge is 2.09. The van der Waals surface area contributed by atoms with E-state index in [1.807, 2.05) is 50.2 Å². The van der Waals surface area contributed by atoms with E-state index in [0.717, 1.165) is 16.7 Å². The third kappa shape index (κ3) is 5.70. The van der Waals surface area contributed by atoms with E-state index in [2.05, 4.69) is 10.6 Å². The van der Waals surface area contributed by atoms with Crippen LogP contribution in [0, 0.1) is 13.8 Å². The van der Waals surface area contributed by atoms with Crippen LogP contribution in [0.4, 0.5) is 5.69 Å². The molecule has 5 heteroatoms. The molecule has 0 fully saturated rings. The number of rotatable bonds is 6. The molecule has 4 nitrogen and oxygen atoms in total. The highest BCUT2D eigenvalue weighted by Crippen LogP contribution is 2.14. The zero-order valence-corrected chi connectivity index (χ0v) is 14.6. The fourth-order valence-corrected chi connectivity index (χ4v) is 2.48. The number of carbonyl (C=O) groups excluding carboxylic acids is 2. The van der Waals surface area contributed by atoms with Crippen LogP contribution in [0.1, 0.15) is 23.1 Å². The van der Waals surface area contributed by atoms with Crippen molar-refractivity contribution in [3.8, 4) is 0 Å². The van der Waals surface area contributed by atoms with Gasteiger partial charge in [-0.1, -0.05) is 29.8 Å². The highest BCUT2D eigenvalue weighted by molar-refractivity contribution is 6.30. The van der Waals surface area contributed by atoms with Crippen LogP contribution in [0.5, 0.6) is 0 Å². The van der Waals surface area contributed by atoms with Gasteiger partial charge in [0.05, 0.1) is 0 Å². The second-order valence-electron chi connectivity index (χ2n) is 5.75. The van der Waals surface area contributed by atoms with Crippen LogP contribution in [-0.2, 0) is 16.0 Å². The van der Waals surface area contributed by atoms with Crippen molar-refractivity contribution in [3.63, 3.8) is 0 Å². The Balaban J connectivity index is 1.75. The first-order chi connectivity index (χ1) is 11.4. The Kier molecular flexibility index (Phi) is 6.38. The van der Waals surface area contributed by atoms with Crippen molar-refractivity contribution in [2.24, 2.45) is 0 Å². The topological polar surface area (TPSA) is 58.2 Å². The second kappa shape index (κ2) is 8.50. The van der Waals surface area contributed by atoms with Gasteiger partial charge in [0, 0.05) is 17.3 Å². The molecule has 0 radical (unpaired) electrons. The summed E-state index contributed by atoms with van der Waals surface area (Å²) in [5, 5.41) is 6.16. The first-order valence-corrected chi connectivity index (χ1v) is 8.20. The molecule has 0 aromatic heterocycles. The Labute approximate surface area is 147 Å². The number of nitrogens with one attached hydrogen (secondary N) is 2. The van der Waals surface area contributed by atoms with E-state index in [0.29, 0.717) is 23.7 Å². The molecule has 0 saturated heterocycles. The number of hydrogen-bond acceptors (Lipinski definition) is 2. The lowest BCUT2D eigenvalue weighted by Gasteiger charge is -2.08. The number of benzene rings is 2. The maximum absolute atomic E-state index is 11.9. The van der Waals surface area contributed by atoms with Gasteiger partial charge in [0.1, 0.15) is 6.42 Å². The third-order valence-electron chi connectivity index (χ3n) is 3.74. The van der Waals surface area contributed by atoms with Crippen molar-refractivity contribution >= 4 is 29.1 Å². The summed E-state index contributed by atoms with van der Waals surface area (Å²) in [7, 11) is 0.